The zero-order valence-corrected chi connectivity index (χ0v) is 14.7. The second kappa shape index (κ2) is 7.81. The SMILES string of the molecule is COCCCN1C(=O)c2ccc(C(=O)Nc3ccc(C#N)cc3)cc2C1=O. The number of amides is 3. The zero-order valence-electron chi connectivity index (χ0n) is 14.7. The van der Waals surface area contributed by atoms with Gasteiger partial charge >= 0.3 is 0 Å². The number of nitriles is 1. The lowest BCUT2D eigenvalue weighted by atomic mass is 10.1. The summed E-state index contributed by atoms with van der Waals surface area (Å²) in [5.74, 6) is -1.16. The molecular formula is C20H17N3O4. The molecule has 0 bridgehead atoms. The van der Waals surface area contributed by atoms with E-state index < -0.39 is 11.8 Å². The average molecular weight is 363 g/mol. The lowest BCUT2D eigenvalue weighted by Gasteiger charge is -2.12. The molecule has 1 aliphatic heterocycles. The minimum Gasteiger partial charge on any atom is -0.385 e. The first-order valence-corrected chi connectivity index (χ1v) is 8.36. The third-order valence-corrected chi connectivity index (χ3v) is 4.23. The van der Waals surface area contributed by atoms with Gasteiger partial charge in [-0.25, -0.2) is 0 Å². The van der Waals surface area contributed by atoms with Gasteiger partial charge in [0.2, 0.25) is 0 Å². The number of ether oxygens (including phenoxy) is 1. The Morgan fingerprint density at radius 3 is 2.48 bits per heavy atom. The van der Waals surface area contributed by atoms with Crippen molar-refractivity contribution in [3.63, 3.8) is 0 Å². The summed E-state index contributed by atoms with van der Waals surface area (Å²) < 4.78 is 4.95. The number of hydrogen-bond acceptors (Lipinski definition) is 5. The van der Waals surface area contributed by atoms with Crippen molar-refractivity contribution in [3.05, 3.63) is 64.7 Å². The number of imide groups is 1. The van der Waals surface area contributed by atoms with E-state index in [1.165, 1.54) is 23.1 Å². The average Bonchev–Trinajstić information content (AvgIpc) is 2.93. The Morgan fingerprint density at radius 2 is 1.81 bits per heavy atom. The van der Waals surface area contributed by atoms with Gasteiger partial charge in [0, 0.05) is 31.5 Å². The van der Waals surface area contributed by atoms with Crippen molar-refractivity contribution >= 4 is 23.4 Å². The Kier molecular flexibility index (Phi) is 5.29. The van der Waals surface area contributed by atoms with Crippen molar-refractivity contribution < 1.29 is 19.1 Å². The minimum absolute atomic E-state index is 0.227. The zero-order chi connectivity index (χ0) is 19.4. The van der Waals surface area contributed by atoms with Gasteiger partial charge < -0.3 is 10.1 Å². The maximum Gasteiger partial charge on any atom is 0.261 e. The molecule has 0 atom stereocenters. The second-order valence-corrected chi connectivity index (χ2v) is 6.01. The number of hydrogen-bond donors (Lipinski definition) is 1. The van der Waals surface area contributed by atoms with E-state index in [9.17, 15) is 14.4 Å². The number of anilines is 1. The van der Waals surface area contributed by atoms with Crippen LogP contribution in [0.2, 0.25) is 0 Å². The fourth-order valence-electron chi connectivity index (χ4n) is 2.83. The molecule has 3 rings (SSSR count). The topological polar surface area (TPSA) is 99.5 Å². The molecule has 7 heteroatoms. The molecule has 0 fully saturated rings. The maximum absolute atomic E-state index is 12.5. The Balaban J connectivity index is 1.76. The maximum atomic E-state index is 12.5. The summed E-state index contributed by atoms with van der Waals surface area (Å²) in [6, 6.07) is 12.9. The van der Waals surface area contributed by atoms with Gasteiger partial charge in [-0.1, -0.05) is 0 Å². The number of rotatable bonds is 6. The highest BCUT2D eigenvalue weighted by molar-refractivity contribution is 6.22. The van der Waals surface area contributed by atoms with E-state index in [0.717, 1.165) is 0 Å². The van der Waals surface area contributed by atoms with Crippen molar-refractivity contribution in [1.82, 2.24) is 4.90 Å². The summed E-state index contributed by atoms with van der Waals surface area (Å²) in [5.41, 5.74) is 1.82. The van der Waals surface area contributed by atoms with Crippen LogP contribution in [0.5, 0.6) is 0 Å². The monoisotopic (exact) mass is 363 g/mol. The molecule has 2 aromatic carbocycles. The molecule has 0 radical (unpaired) electrons. The highest BCUT2D eigenvalue weighted by atomic mass is 16.5. The molecule has 0 saturated heterocycles. The second-order valence-electron chi connectivity index (χ2n) is 6.01. The highest BCUT2D eigenvalue weighted by Crippen LogP contribution is 2.24. The molecule has 27 heavy (non-hydrogen) atoms. The fraction of sp³-hybridized carbons (Fsp3) is 0.200. The molecule has 0 aromatic heterocycles. The van der Waals surface area contributed by atoms with Crippen LogP contribution in [0.1, 0.15) is 43.1 Å². The molecule has 0 unspecified atom stereocenters. The fourth-order valence-corrected chi connectivity index (χ4v) is 2.83. The molecule has 0 aliphatic carbocycles. The van der Waals surface area contributed by atoms with Crippen molar-refractivity contribution in [3.8, 4) is 6.07 Å². The van der Waals surface area contributed by atoms with Crippen LogP contribution < -0.4 is 5.32 Å². The lowest BCUT2D eigenvalue weighted by Crippen LogP contribution is -2.31. The molecule has 1 aliphatic rings. The summed E-state index contributed by atoms with van der Waals surface area (Å²) >= 11 is 0. The minimum atomic E-state index is -0.404. The molecule has 136 valence electrons. The number of nitrogens with zero attached hydrogens (tertiary/aromatic N) is 2. The van der Waals surface area contributed by atoms with Crippen LogP contribution in [0, 0.1) is 11.3 Å². The predicted octanol–water partition coefficient (Wildman–Crippen LogP) is 2.44. The smallest absolute Gasteiger partial charge is 0.261 e. The van der Waals surface area contributed by atoms with Crippen molar-refractivity contribution in [2.75, 3.05) is 25.6 Å². The third kappa shape index (κ3) is 3.71. The van der Waals surface area contributed by atoms with E-state index in [2.05, 4.69) is 5.32 Å². The van der Waals surface area contributed by atoms with Gasteiger partial charge in [-0.15, -0.1) is 0 Å². The van der Waals surface area contributed by atoms with E-state index in [1.807, 2.05) is 6.07 Å². The number of fused-ring (bicyclic) bond motifs is 1. The molecular weight excluding hydrogens is 346 g/mol. The van der Waals surface area contributed by atoms with Crippen LogP contribution in [0.25, 0.3) is 0 Å². The van der Waals surface area contributed by atoms with Gasteiger partial charge in [-0.3, -0.25) is 19.3 Å². The highest BCUT2D eigenvalue weighted by Gasteiger charge is 2.35. The van der Waals surface area contributed by atoms with Crippen LogP contribution >= 0.6 is 0 Å². The number of carbonyl (C=O) groups is 3. The van der Waals surface area contributed by atoms with Crippen LogP contribution in [0.4, 0.5) is 5.69 Å². The summed E-state index contributed by atoms with van der Waals surface area (Å²) in [4.78, 5) is 38.5. The first-order chi connectivity index (χ1) is 13.0. The number of carbonyl (C=O) groups excluding carboxylic acids is 3. The van der Waals surface area contributed by atoms with E-state index in [0.29, 0.717) is 29.8 Å². The molecule has 2 aromatic rings. The Bertz CT molecular complexity index is 945. The van der Waals surface area contributed by atoms with E-state index in [4.69, 9.17) is 10.00 Å². The largest absolute Gasteiger partial charge is 0.385 e. The molecule has 1 heterocycles. The molecule has 1 N–H and O–H groups in total. The van der Waals surface area contributed by atoms with Crippen LogP contribution in [-0.4, -0.2) is 42.9 Å². The lowest BCUT2D eigenvalue weighted by molar-refractivity contribution is 0.0638. The van der Waals surface area contributed by atoms with Gasteiger partial charge in [0.15, 0.2) is 0 Å². The number of methoxy groups -OCH3 is 1. The first kappa shape index (κ1) is 18.3. The summed E-state index contributed by atoms with van der Waals surface area (Å²) in [7, 11) is 1.56. The van der Waals surface area contributed by atoms with Gasteiger partial charge in [-0.2, -0.15) is 5.26 Å². The van der Waals surface area contributed by atoms with Gasteiger partial charge in [0.05, 0.1) is 22.8 Å². The quantitative estimate of drug-likeness (QED) is 0.628. The molecule has 0 saturated carbocycles. The van der Waals surface area contributed by atoms with Crippen molar-refractivity contribution in [2.24, 2.45) is 0 Å². The number of benzene rings is 2. The van der Waals surface area contributed by atoms with Crippen LogP contribution in [0.15, 0.2) is 42.5 Å². The van der Waals surface area contributed by atoms with E-state index >= 15 is 0 Å². The van der Waals surface area contributed by atoms with Gasteiger partial charge in [0.25, 0.3) is 17.7 Å². The molecule has 0 spiro atoms. The summed E-state index contributed by atoms with van der Waals surface area (Å²) in [5, 5.41) is 11.5. The molecule has 3 amide bonds. The van der Waals surface area contributed by atoms with Crippen molar-refractivity contribution in [1.29, 1.82) is 5.26 Å². The standard InChI is InChI=1S/C20H17N3O4/c1-27-10-2-9-23-19(25)16-8-5-14(11-17(16)20(23)26)18(24)22-15-6-3-13(12-21)4-7-15/h3-8,11H,2,9-10H2,1H3,(H,22,24). The number of nitrogens with one attached hydrogen (secondary N) is 1. The summed E-state index contributed by atoms with van der Waals surface area (Å²) in [6.45, 7) is 0.721. The normalized spacial score (nSPS) is 12.7. The first-order valence-electron chi connectivity index (χ1n) is 8.36. The van der Waals surface area contributed by atoms with Gasteiger partial charge in [0.1, 0.15) is 0 Å². The van der Waals surface area contributed by atoms with Crippen LogP contribution in [0.3, 0.4) is 0 Å². The third-order valence-electron chi connectivity index (χ3n) is 4.23. The van der Waals surface area contributed by atoms with E-state index in [1.54, 1.807) is 31.4 Å². The van der Waals surface area contributed by atoms with Crippen LogP contribution in [-0.2, 0) is 4.74 Å². The Hall–Kier alpha value is -3.50. The van der Waals surface area contributed by atoms with Gasteiger partial charge in [-0.05, 0) is 48.9 Å². The Morgan fingerprint density at radius 1 is 1.11 bits per heavy atom. The van der Waals surface area contributed by atoms with Crippen molar-refractivity contribution in [2.45, 2.75) is 6.42 Å². The Labute approximate surface area is 156 Å². The predicted molar refractivity (Wildman–Crippen MR) is 97.4 cm³/mol. The summed E-state index contributed by atoms with van der Waals surface area (Å²) in [6.07, 6.45) is 0.550. The molecule has 7 nitrogen and oxygen atoms in total. The van der Waals surface area contributed by atoms with E-state index in [-0.39, 0.29) is 23.6 Å².